The molecule has 4 rings (SSSR count). The van der Waals surface area contributed by atoms with Gasteiger partial charge in [-0.05, 0) is 37.1 Å². The van der Waals surface area contributed by atoms with Crippen LogP contribution in [0.25, 0.3) is 0 Å². The molecule has 2 bridgehead atoms. The second-order valence-corrected chi connectivity index (χ2v) is 7.01. The lowest BCUT2D eigenvalue weighted by atomic mass is 9.98. The average molecular weight is 361 g/mol. The van der Waals surface area contributed by atoms with E-state index in [9.17, 15) is 9.18 Å². The Balaban J connectivity index is 1.49. The minimum absolute atomic E-state index is 0.0557. The molecule has 0 N–H and O–H groups in total. The molecule has 2 fully saturated rings. The molecular weight excluding hydrogens is 343 g/mol. The van der Waals surface area contributed by atoms with Crippen molar-refractivity contribution < 1.29 is 13.9 Å². The van der Waals surface area contributed by atoms with Crippen molar-refractivity contribution in [3.63, 3.8) is 0 Å². The third-order valence-electron chi connectivity index (χ3n) is 5.01. The summed E-state index contributed by atoms with van der Waals surface area (Å²) in [5, 5.41) is 0.163. The van der Waals surface area contributed by atoms with E-state index in [-0.39, 0.29) is 29.1 Å². The molecule has 4 nitrogen and oxygen atoms in total. The van der Waals surface area contributed by atoms with Crippen LogP contribution in [0.5, 0.6) is 5.88 Å². The van der Waals surface area contributed by atoms with E-state index in [0.717, 1.165) is 25.7 Å². The normalized spacial score (nSPS) is 25.0. The predicted octanol–water partition coefficient (Wildman–Crippen LogP) is 4.09. The second kappa shape index (κ2) is 6.64. The monoisotopic (exact) mass is 360 g/mol. The summed E-state index contributed by atoms with van der Waals surface area (Å²) in [6, 6.07) is 9.78. The minimum Gasteiger partial charge on any atom is -0.474 e. The molecule has 3 heterocycles. The number of nitrogens with zero attached hydrogens (tertiary/aromatic N) is 2. The van der Waals surface area contributed by atoms with Crippen LogP contribution in [0.15, 0.2) is 42.6 Å². The zero-order chi connectivity index (χ0) is 17.4. The van der Waals surface area contributed by atoms with Crippen LogP contribution in [0, 0.1) is 5.82 Å². The highest BCUT2D eigenvalue weighted by molar-refractivity contribution is 6.33. The summed E-state index contributed by atoms with van der Waals surface area (Å²) in [6.07, 6.45) is 5.23. The molecule has 25 heavy (non-hydrogen) atoms. The number of fused-ring (bicyclic) bond motifs is 2. The lowest BCUT2D eigenvalue weighted by Gasteiger charge is -2.38. The largest absolute Gasteiger partial charge is 0.474 e. The van der Waals surface area contributed by atoms with Crippen molar-refractivity contribution in [1.82, 2.24) is 9.88 Å². The highest BCUT2D eigenvalue weighted by Gasteiger charge is 2.44. The lowest BCUT2D eigenvalue weighted by Crippen LogP contribution is -2.49. The number of benzene rings is 1. The van der Waals surface area contributed by atoms with Crippen molar-refractivity contribution in [3.05, 3.63) is 59.0 Å². The molecule has 1 aromatic carbocycles. The Morgan fingerprint density at radius 1 is 1.20 bits per heavy atom. The molecule has 1 aromatic heterocycles. The van der Waals surface area contributed by atoms with Gasteiger partial charge in [-0.25, -0.2) is 9.37 Å². The fraction of sp³-hybridized carbons (Fsp3) is 0.368. The van der Waals surface area contributed by atoms with E-state index in [4.69, 9.17) is 16.3 Å². The predicted molar refractivity (Wildman–Crippen MR) is 92.3 cm³/mol. The SMILES string of the molecule is O=C(c1ccc(F)cc1Cl)N1C2CCC1CC(Oc1ccccn1)C2. The Hall–Kier alpha value is -2.14. The fourth-order valence-electron chi connectivity index (χ4n) is 3.94. The lowest BCUT2D eigenvalue weighted by molar-refractivity contribution is 0.0348. The number of hydrogen-bond acceptors (Lipinski definition) is 3. The Bertz CT molecular complexity index is 772. The zero-order valence-electron chi connectivity index (χ0n) is 13.6. The molecule has 2 saturated heterocycles. The van der Waals surface area contributed by atoms with Gasteiger partial charge in [0.1, 0.15) is 11.9 Å². The second-order valence-electron chi connectivity index (χ2n) is 6.60. The molecule has 0 aliphatic carbocycles. The number of aromatic nitrogens is 1. The van der Waals surface area contributed by atoms with Gasteiger partial charge in [0.05, 0.1) is 10.6 Å². The number of amides is 1. The molecule has 0 radical (unpaired) electrons. The van der Waals surface area contributed by atoms with Gasteiger partial charge in [-0.3, -0.25) is 4.79 Å². The zero-order valence-corrected chi connectivity index (χ0v) is 14.3. The van der Waals surface area contributed by atoms with Gasteiger partial charge < -0.3 is 9.64 Å². The number of carbonyl (C=O) groups is 1. The van der Waals surface area contributed by atoms with Gasteiger partial charge in [0.15, 0.2) is 0 Å². The summed E-state index contributed by atoms with van der Waals surface area (Å²) in [7, 11) is 0. The number of rotatable bonds is 3. The Morgan fingerprint density at radius 2 is 1.96 bits per heavy atom. The molecule has 130 valence electrons. The van der Waals surface area contributed by atoms with Crippen LogP contribution in [-0.4, -0.2) is 34.0 Å². The molecule has 1 amide bonds. The van der Waals surface area contributed by atoms with E-state index in [0.29, 0.717) is 11.4 Å². The van der Waals surface area contributed by atoms with Crippen molar-refractivity contribution in [1.29, 1.82) is 0 Å². The van der Waals surface area contributed by atoms with Gasteiger partial charge in [-0.15, -0.1) is 0 Å². The van der Waals surface area contributed by atoms with Gasteiger partial charge in [0.25, 0.3) is 5.91 Å². The van der Waals surface area contributed by atoms with E-state index < -0.39 is 5.82 Å². The van der Waals surface area contributed by atoms with E-state index in [1.807, 2.05) is 23.1 Å². The molecule has 2 atom stereocenters. The van der Waals surface area contributed by atoms with E-state index in [2.05, 4.69) is 4.98 Å². The van der Waals surface area contributed by atoms with Gasteiger partial charge in [0.2, 0.25) is 5.88 Å². The van der Waals surface area contributed by atoms with Crippen LogP contribution in [0.3, 0.4) is 0 Å². The van der Waals surface area contributed by atoms with Gasteiger partial charge >= 0.3 is 0 Å². The standard InChI is InChI=1S/C19H18ClFN2O2/c20-17-9-12(21)4-7-16(17)19(24)23-13-5-6-14(23)11-15(10-13)25-18-3-1-2-8-22-18/h1-4,7-9,13-15H,5-6,10-11H2. The molecule has 0 spiro atoms. The summed E-state index contributed by atoms with van der Waals surface area (Å²) in [6.45, 7) is 0. The van der Waals surface area contributed by atoms with Crippen LogP contribution in [0.2, 0.25) is 5.02 Å². The van der Waals surface area contributed by atoms with Gasteiger partial charge in [0, 0.05) is 37.2 Å². The number of pyridine rings is 1. The quantitative estimate of drug-likeness (QED) is 0.828. The first kappa shape index (κ1) is 16.3. The molecule has 0 saturated carbocycles. The van der Waals surface area contributed by atoms with Gasteiger partial charge in [-0.1, -0.05) is 17.7 Å². The maximum Gasteiger partial charge on any atom is 0.255 e. The smallest absolute Gasteiger partial charge is 0.255 e. The maximum atomic E-state index is 13.2. The first-order chi connectivity index (χ1) is 12.1. The maximum absolute atomic E-state index is 13.2. The average Bonchev–Trinajstić information content (AvgIpc) is 2.86. The van der Waals surface area contributed by atoms with Crippen LogP contribution in [-0.2, 0) is 0 Å². The fourth-order valence-corrected chi connectivity index (χ4v) is 4.19. The first-order valence-corrected chi connectivity index (χ1v) is 8.85. The van der Waals surface area contributed by atoms with Crippen LogP contribution in [0.1, 0.15) is 36.0 Å². The van der Waals surface area contributed by atoms with E-state index in [1.165, 1.54) is 18.2 Å². The van der Waals surface area contributed by atoms with Crippen molar-refractivity contribution >= 4 is 17.5 Å². The Labute approximate surface area is 150 Å². The topological polar surface area (TPSA) is 42.4 Å². The third kappa shape index (κ3) is 3.21. The third-order valence-corrected chi connectivity index (χ3v) is 5.32. The molecular formula is C19H18ClFN2O2. The molecule has 2 aliphatic heterocycles. The van der Waals surface area contributed by atoms with E-state index in [1.54, 1.807) is 6.20 Å². The van der Waals surface area contributed by atoms with E-state index >= 15 is 0 Å². The van der Waals surface area contributed by atoms with Crippen molar-refractivity contribution in [2.75, 3.05) is 0 Å². The Kier molecular flexibility index (Phi) is 4.34. The number of halogens is 2. The van der Waals surface area contributed by atoms with Crippen molar-refractivity contribution in [3.8, 4) is 5.88 Å². The first-order valence-electron chi connectivity index (χ1n) is 8.47. The Morgan fingerprint density at radius 3 is 2.60 bits per heavy atom. The molecule has 2 aliphatic rings. The number of piperidine rings is 1. The molecule has 6 heteroatoms. The molecule has 2 aromatic rings. The van der Waals surface area contributed by atoms with Gasteiger partial charge in [-0.2, -0.15) is 0 Å². The van der Waals surface area contributed by atoms with Crippen LogP contribution in [0.4, 0.5) is 4.39 Å². The number of hydrogen-bond donors (Lipinski definition) is 0. The highest BCUT2D eigenvalue weighted by atomic mass is 35.5. The molecule has 2 unspecified atom stereocenters. The van der Waals surface area contributed by atoms with Crippen molar-refractivity contribution in [2.45, 2.75) is 43.9 Å². The summed E-state index contributed by atoms with van der Waals surface area (Å²) < 4.78 is 19.2. The van der Waals surface area contributed by atoms with Crippen LogP contribution < -0.4 is 4.74 Å². The summed E-state index contributed by atoms with van der Waals surface area (Å²) in [5.74, 6) is 0.0639. The summed E-state index contributed by atoms with van der Waals surface area (Å²) >= 11 is 6.07. The van der Waals surface area contributed by atoms with Crippen molar-refractivity contribution in [2.24, 2.45) is 0 Å². The number of ether oxygens (including phenoxy) is 1. The highest BCUT2D eigenvalue weighted by Crippen LogP contribution is 2.38. The summed E-state index contributed by atoms with van der Waals surface area (Å²) in [5.41, 5.74) is 0.365. The summed E-state index contributed by atoms with van der Waals surface area (Å²) in [4.78, 5) is 19.0. The number of carbonyl (C=O) groups excluding carboxylic acids is 1. The minimum atomic E-state index is -0.438. The van der Waals surface area contributed by atoms with Crippen LogP contribution >= 0.6 is 11.6 Å².